The van der Waals surface area contributed by atoms with Gasteiger partial charge in [-0.15, -0.1) is 0 Å². The molecule has 1 saturated heterocycles. The summed E-state index contributed by atoms with van der Waals surface area (Å²) in [5.74, 6) is 0. The van der Waals surface area contributed by atoms with Gasteiger partial charge in [0.15, 0.2) is 0 Å². The van der Waals surface area contributed by atoms with Crippen LogP contribution in [0.2, 0.25) is 0 Å². The summed E-state index contributed by atoms with van der Waals surface area (Å²) < 4.78 is 5.64. The summed E-state index contributed by atoms with van der Waals surface area (Å²) in [6.45, 7) is 8.54. The van der Waals surface area contributed by atoms with Gasteiger partial charge < -0.3 is 15.0 Å². The van der Waals surface area contributed by atoms with Crippen LogP contribution >= 0.6 is 0 Å². The van der Waals surface area contributed by atoms with Crippen molar-refractivity contribution in [1.29, 1.82) is 0 Å². The lowest BCUT2D eigenvalue weighted by Crippen LogP contribution is -2.52. The molecule has 2 atom stereocenters. The number of amides is 2. The molecule has 4 heteroatoms. The van der Waals surface area contributed by atoms with Gasteiger partial charge in [-0.2, -0.15) is 0 Å². The zero-order valence-corrected chi connectivity index (χ0v) is 11.9. The predicted molar refractivity (Wildman–Crippen MR) is 71.6 cm³/mol. The summed E-state index contributed by atoms with van der Waals surface area (Å²) in [7, 11) is 0. The Labute approximate surface area is 110 Å². The highest BCUT2D eigenvalue weighted by Gasteiger charge is 2.31. The maximum atomic E-state index is 12.1. The number of hydrogen-bond donors (Lipinski definition) is 1. The van der Waals surface area contributed by atoms with Crippen LogP contribution in [-0.2, 0) is 4.74 Å². The minimum atomic E-state index is 0.0742. The zero-order chi connectivity index (χ0) is 13.2. The molecule has 2 fully saturated rings. The van der Waals surface area contributed by atoms with Crippen LogP contribution in [0.1, 0.15) is 46.5 Å². The molecular weight excluding hydrogens is 228 g/mol. The highest BCUT2D eigenvalue weighted by molar-refractivity contribution is 5.74. The SMILES string of the molecule is C[C@H]1CN(C(=O)NCC2(C)CCCC2)C[C@H](C)O1. The topological polar surface area (TPSA) is 41.6 Å². The van der Waals surface area contributed by atoms with Crippen molar-refractivity contribution in [3.05, 3.63) is 0 Å². The van der Waals surface area contributed by atoms with E-state index in [1.165, 1.54) is 25.7 Å². The van der Waals surface area contributed by atoms with Gasteiger partial charge in [-0.1, -0.05) is 19.8 Å². The number of rotatable bonds is 2. The average molecular weight is 254 g/mol. The second-order valence-electron chi connectivity index (χ2n) is 6.34. The van der Waals surface area contributed by atoms with E-state index in [2.05, 4.69) is 12.2 Å². The Morgan fingerprint density at radius 2 is 1.83 bits per heavy atom. The number of hydrogen-bond acceptors (Lipinski definition) is 2. The molecule has 18 heavy (non-hydrogen) atoms. The second-order valence-corrected chi connectivity index (χ2v) is 6.34. The molecule has 0 aromatic carbocycles. The van der Waals surface area contributed by atoms with Gasteiger partial charge in [-0.3, -0.25) is 0 Å². The molecule has 1 saturated carbocycles. The van der Waals surface area contributed by atoms with Crippen LogP contribution in [0.15, 0.2) is 0 Å². The van der Waals surface area contributed by atoms with Crippen molar-refractivity contribution in [3.63, 3.8) is 0 Å². The van der Waals surface area contributed by atoms with Crippen LogP contribution in [-0.4, -0.2) is 42.8 Å². The van der Waals surface area contributed by atoms with Gasteiger partial charge in [0.2, 0.25) is 0 Å². The number of nitrogens with one attached hydrogen (secondary N) is 1. The molecule has 1 aliphatic heterocycles. The van der Waals surface area contributed by atoms with Crippen molar-refractivity contribution in [2.75, 3.05) is 19.6 Å². The molecule has 1 heterocycles. The minimum Gasteiger partial charge on any atom is -0.372 e. The van der Waals surface area contributed by atoms with E-state index < -0.39 is 0 Å². The summed E-state index contributed by atoms with van der Waals surface area (Å²) >= 11 is 0. The third-order valence-corrected chi connectivity index (χ3v) is 4.18. The highest BCUT2D eigenvalue weighted by atomic mass is 16.5. The maximum Gasteiger partial charge on any atom is 0.317 e. The Morgan fingerprint density at radius 1 is 1.28 bits per heavy atom. The van der Waals surface area contributed by atoms with E-state index in [1.54, 1.807) is 0 Å². The molecule has 2 aliphatic rings. The van der Waals surface area contributed by atoms with E-state index >= 15 is 0 Å². The van der Waals surface area contributed by atoms with Gasteiger partial charge >= 0.3 is 6.03 Å². The largest absolute Gasteiger partial charge is 0.372 e. The molecule has 1 aliphatic carbocycles. The first-order chi connectivity index (χ1) is 8.48. The maximum absolute atomic E-state index is 12.1. The number of morpholine rings is 1. The highest BCUT2D eigenvalue weighted by Crippen LogP contribution is 2.36. The molecule has 104 valence electrons. The Bertz CT molecular complexity index is 290. The number of urea groups is 1. The third-order valence-electron chi connectivity index (χ3n) is 4.18. The second kappa shape index (κ2) is 5.47. The van der Waals surface area contributed by atoms with Crippen molar-refractivity contribution >= 4 is 6.03 Å². The number of ether oxygens (including phenoxy) is 1. The summed E-state index contributed by atoms with van der Waals surface area (Å²) in [6, 6.07) is 0.0742. The Hall–Kier alpha value is -0.770. The first-order valence-electron chi connectivity index (χ1n) is 7.17. The van der Waals surface area contributed by atoms with Crippen molar-refractivity contribution < 1.29 is 9.53 Å². The fraction of sp³-hybridized carbons (Fsp3) is 0.929. The van der Waals surface area contributed by atoms with Crippen LogP contribution < -0.4 is 5.32 Å². The number of carbonyl (C=O) groups is 1. The molecular formula is C14H26N2O2. The van der Waals surface area contributed by atoms with Crippen molar-refractivity contribution in [2.24, 2.45) is 5.41 Å². The van der Waals surface area contributed by atoms with Gasteiger partial charge in [0.1, 0.15) is 0 Å². The molecule has 4 nitrogen and oxygen atoms in total. The lowest BCUT2D eigenvalue weighted by molar-refractivity contribution is -0.0546. The van der Waals surface area contributed by atoms with E-state index in [0.29, 0.717) is 18.5 Å². The van der Waals surface area contributed by atoms with E-state index in [-0.39, 0.29) is 18.2 Å². The first kappa shape index (κ1) is 13.7. The minimum absolute atomic E-state index is 0.0742. The smallest absolute Gasteiger partial charge is 0.317 e. The normalized spacial score (nSPS) is 31.4. The summed E-state index contributed by atoms with van der Waals surface area (Å²) in [6.07, 6.45) is 5.37. The van der Waals surface area contributed by atoms with Gasteiger partial charge in [0, 0.05) is 19.6 Å². The van der Waals surface area contributed by atoms with Crippen LogP contribution in [0.3, 0.4) is 0 Å². The third kappa shape index (κ3) is 3.37. The molecule has 1 N–H and O–H groups in total. The van der Waals surface area contributed by atoms with Crippen LogP contribution in [0.4, 0.5) is 4.79 Å². The number of carbonyl (C=O) groups excluding carboxylic acids is 1. The first-order valence-corrected chi connectivity index (χ1v) is 7.17. The standard InChI is InChI=1S/C14H26N2O2/c1-11-8-16(9-12(2)18-11)13(17)15-10-14(3)6-4-5-7-14/h11-12H,4-10H2,1-3H3,(H,15,17)/t11-,12-/m0/s1. The molecule has 2 amide bonds. The summed E-state index contributed by atoms with van der Waals surface area (Å²) in [4.78, 5) is 14.0. The average Bonchev–Trinajstić information content (AvgIpc) is 2.72. The fourth-order valence-corrected chi connectivity index (χ4v) is 3.15. The van der Waals surface area contributed by atoms with Crippen molar-refractivity contribution in [3.8, 4) is 0 Å². The van der Waals surface area contributed by atoms with E-state index in [9.17, 15) is 4.79 Å². The van der Waals surface area contributed by atoms with Gasteiger partial charge in [-0.05, 0) is 32.1 Å². The molecule has 0 unspecified atom stereocenters. The van der Waals surface area contributed by atoms with Crippen molar-refractivity contribution in [2.45, 2.75) is 58.7 Å². The lowest BCUT2D eigenvalue weighted by Gasteiger charge is -2.36. The summed E-state index contributed by atoms with van der Waals surface area (Å²) in [5, 5.41) is 3.11. The monoisotopic (exact) mass is 254 g/mol. The lowest BCUT2D eigenvalue weighted by atomic mass is 9.89. The Morgan fingerprint density at radius 3 is 2.39 bits per heavy atom. The molecule has 0 bridgehead atoms. The Balaban J connectivity index is 1.80. The van der Waals surface area contributed by atoms with Crippen molar-refractivity contribution in [1.82, 2.24) is 10.2 Å². The Kier molecular flexibility index (Phi) is 4.15. The van der Waals surface area contributed by atoms with Gasteiger partial charge in [-0.25, -0.2) is 4.79 Å². The van der Waals surface area contributed by atoms with Crippen LogP contribution in [0, 0.1) is 5.41 Å². The molecule has 0 aromatic rings. The van der Waals surface area contributed by atoms with E-state index in [0.717, 1.165) is 6.54 Å². The molecule has 0 radical (unpaired) electrons. The zero-order valence-electron chi connectivity index (χ0n) is 11.9. The summed E-state index contributed by atoms with van der Waals surface area (Å²) in [5.41, 5.74) is 0.319. The van der Waals surface area contributed by atoms with E-state index in [1.807, 2.05) is 18.7 Å². The van der Waals surface area contributed by atoms with Crippen LogP contribution in [0.25, 0.3) is 0 Å². The molecule has 0 aromatic heterocycles. The fourth-order valence-electron chi connectivity index (χ4n) is 3.15. The number of nitrogens with zero attached hydrogens (tertiary/aromatic N) is 1. The van der Waals surface area contributed by atoms with E-state index in [4.69, 9.17) is 4.74 Å². The molecule has 0 spiro atoms. The predicted octanol–water partition coefficient (Wildman–Crippen LogP) is 2.39. The molecule has 2 rings (SSSR count). The van der Waals surface area contributed by atoms with Crippen LogP contribution in [0.5, 0.6) is 0 Å². The quantitative estimate of drug-likeness (QED) is 0.822. The van der Waals surface area contributed by atoms with Gasteiger partial charge in [0.25, 0.3) is 0 Å². The van der Waals surface area contributed by atoms with Gasteiger partial charge in [0.05, 0.1) is 12.2 Å².